The van der Waals surface area contributed by atoms with Crippen LogP contribution in [0.15, 0.2) is 24.3 Å². The summed E-state index contributed by atoms with van der Waals surface area (Å²) in [5, 5.41) is 0.824. The van der Waals surface area contributed by atoms with Crippen LogP contribution in [0, 0.1) is 12.0 Å². The molecule has 2 aromatic rings. The van der Waals surface area contributed by atoms with Crippen molar-refractivity contribution in [1.29, 1.82) is 0 Å². The Bertz CT molecular complexity index is 387. The molecule has 0 atom stereocenters. The number of halogens is 2. The predicted octanol–water partition coefficient (Wildman–Crippen LogP) is 2.83. The third kappa shape index (κ3) is 1.14. The normalized spacial score (nSPS) is 10.5. The third-order valence-corrected chi connectivity index (χ3v) is 1.88. The van der Waals surface area contributed by atoms with Crippen molar-refractivity contribution < 1.29 is 4.39 Å². The van der Waals surface area contributed by atoms with Crippen LogP contribution >= 0.6 is 11.6 Å². The van der Waals surface area contributed by atoms with Gasteiger partial charge in [-0.2, -0.15) is 0 Å². The molecule has 0 aliphatic carbocycles. The lowest BCUT2D eigenvalue weighted by atomic mass is 10.2. The number of aromatic nitrogens is 1. The predicted molar refractivity (Wildman–Crippen MR) is 45.5 cm³/mol. The highest BCUT2D eigenvalue weighted by Gasteiger charge is 2.01. The molecule has 0 unspecified atom stereocenters. The fourth-order valence-electron chi connectivity index (χ4n) is 1.02. The fourth-order valence-corrected chi connectivity index (χ4v) is 1.17. The SMILES string of the molecule is Fc1cc2cc[c]nc2cc1Cl. The summed E-state index contributed by atoms with van der Waals surface area (Å²) in [5.41, 5.74) is 0.656. The van der Waals surface area contributed by atoms with Gasteiger partial charge in [-0.3, -0.25) is 0 Å². The minimum Gasteiger partial charge on any atom is -0.246 e. The number of benzene rings is 1. The Kier molecular flexibility index (Phi) is 1.70. The molecule has 0 spiro atoms. The maximum Gasteiger partial charge on any atom is 0.142 e. The molecule has 0 saturated heterocycles. The van der Waals surface area contributed by atoms with Crippen molar-refractivity contribution in [3.05, 3.63) is 41.3 Å². The van der Waals surface area contributed by atoms with E-state index in [0.29, 0.717) is 5.52 Å². The van der Waals surface area contributed by atoms with Gasteiger partial charge in [-0.05, 0) is 18.2 Å². The molecule has 0 saturated carbocycles. The number of rotatable bonds is 0. The summed E-state index contributed by atoms with van der Waals surface area (Å²) in [6.45, 7) is 0. The van der Waals surface area contributed by atoms with E-state index in [1.807, 2.05) is 0 Å². The van der Waals surface area contributed by atoms with E-state index in [9.17, 15) is 4.39 Å². The van der Waals surface area contributed by atoms with E-state index in [1.54, 1.807) is 12.1 Å². The highest BCUT2D eigenvalue weighted by molar-refractivity contribution is 6.31. The first-order valence-electron chi connectivity index (χ1n) is 3.39. The van der Waals surface area contributed by atoms with Gasteiger partial charge >= 0.3 is 0 Å². The van der Waals surface area contributed by atoms with E-state index in [-0.39, 0.29) is 5.02 Å². The van der Waals surface area contributed by atoms with Crippen molar-refractivity contribution in [1.82, 2.24) is 4.98 Å². The first kappa shape index (κ1) is 7.50. The molecular formula is C9H4ClFN. The molecule has 0 amide bonds. The first-order chi connectivity index (χ1) is 5.77. The zero-order chi connectivity index (χ0) is 8.55. The molecule has 59 valence electrons. The summed E-state index contributed by atoms with van der Waals surface area (Å²) in [5.74, 6) is -0.419. The second kappa shape index (κ2) is 2.72. The lowest BCUT2D eigenvalue weighted by Gasteiger charge is -1.97. The molecule has 12 heavy (non-hydrogen) atoms. The van der Waals surface area contributed by atoms with Gasteiger partial charge in [-0.15, -0.1) is 0 Å². The Hall–Kier alpha value is -1.15. The quantitative estimate of drug-likeness (QED) is 0.608. The lowest BCUT2D eigenvalue weighted by molar-refractivity contribution is 0.630. The standard InChI is InChI=1S/C9H4ClFN/c10-7-5-9-6(4-8(7)11)2-1-3-12-9/h1-2,4-5H. The van der Waals surface area contributed by atoms with Crippen molar-refractivity contribution in [3.63, 3.8) is 0 Å². The topological polar surface area (TPSA) is 12.9 Å². The highest BCUT2D eigenvalue weighted by Crippen LogP contribution is 2.20. The van der Waals surface area contributed by atoms with E-state index >= 15 is 0 Å². The molecule has 1 radical (unpaired) electrons. The van der Waals surface area contributed by atoms with E-state index in [0.717, 1.165) is 5.39 Å². The Labute approximate surface area is 73.8 Å². The second-order valence-electron chi connectivity index (χ2n) is 2.40. The van der Waals surface area contributed by atoms with Gasteiger partial charge in [0.15, 0.2) is 0 Å². The summed E-state index contributed by atoms with van der Waals surface area (Å²) in [6, 6.07) is 6.22. The molecule has 0 aliphatic heterocycles. The Morgan fingerprint density at radius 2 is 2.25 bits per heavy atom. The molecule has 0 N–H and O–H groups in total. The van der Waals surface area contributed by atoms with Crippen LogP contribution in [0.25, 0.3) is 10.9 Å². The molecule has 1 nitrogen and oxygen atoms in total. The van der Waals surface area contributed by atoms with Gasteiger partial charge in [-0.25, -0.2) is 9.37 Å². The monoisotopic (exact) mass is 180 g/mol. The Balaban J connectivity index is 2.84. The molecule has 1 heterocycles. The first-order valence-corrected chi connectivity index (χ1v) is 3.77. The molecule has 0 aliphatic rings. The lowest BCUT2D eigenvalue weighted by Crippen LogP contribution is -1.81. The summed E-state index contributed by atoms with van der Waals surface area (Å²) < 4.78 is 12.9. The number of fused-ring (bicyclic) bond motifs is 1. The Morgan fingerprint density at radius 1 is 1.42 bits per heavy atom. The molecule has 2 rings (SSSR count). The van der Waals surface area contributed by atoms with Crippen LogP contribution < -0.4 is 0 Å². The summed E-state index contributed by atoms with van der Waals surface area (Å²) in [4.78, 5) is 3.91. The summed E-state index contributed by atoms with van der Waals surface area (Å²) in [7, 11) is 0. The zero-order valence-electron chi connectivity index (χ0n) is 6.01. The highest BCUT2D eigenvalue weighted by atomic mass is 35.5. The zero-order valence-corrected chi connectivity index (χ0v) is 6.77. The molecule has 1 aromatic carbocycles. The van der Waals surface area contributed by atoms with Gasteiger partial charge in [0.25, 0.3) is 0 Å². The molecular weight excluding hydrogens is 177 g/mol. The van der Waals surface area contributed by atoms with Gasteiger partial charge in [0.2, 0.25) is 0 Å². The largest absolute Gasteiger partial charge is 0.246 e. The average molecular weight is 181 g/mol. The minimum atomic E-state index is -0.419. The molecule has 0 fully saturated rings. The van der Waals surface area contributed by atoms with Crippen molar-refractivity contribution in [2.45, 2.75) is 0 Å². The van der Waals surface area contributed by atoms with E-state index < -0.39 is 5.82 Å². The number of pyridine rings is 1. The number of nitrogens with zero attached hydrogens (tertiary/aromatic N) is 1. The maximum absolute atomic E-state index is 12.9. The van der Waals surface area contributed by atoms with Crippen LogP contribution in [-0.2, 0) is 0 Å². The van der Waals surface area contributed by atoms with E-state index in [1.165, 1.54) is 12.1 Å². The Morgan fingerprint density at radius 3 is 3.08 bits per heavy atom. The summed E-state index contributed by atoms with van der Waals surface area (Å²) in [6.07, 6.45) is 2.65. The average Bonchev–Trinajstić information content (AvgIpc) is 2.07. The van der Waals surface area contributed by atoms with Gasteiger partial charge < -0.3 is 0 Å². The molecule has 3 heteroatoms. The van der Waals surface area contributed by atoms with Crippen LogP contribution in [0.4, 0.5) is 4.39 Å². The van der Waals surface area contributed by atoms with E-state index in [4.69, 9.17) is 11.6 Å². The van der Waals surface area contributed by atoms with Crippen molar-refractivity contribution >= 4 is 22.5 Å². The number of hydrogen-bond donors (Lipinski definition) is 0. The maximum atomic E-state index is 12.9. The smallest absolute Gasteiger partial charge is 0.142 e. The van der Waals surface area contributed by atoms with Crippen molar-refractivity contribution in [2.75, 3.05) is 0 Å². The summed E-state index contributed by atoms with van der Waals surface area (Å²) >= 11 is 5.56. The van der Waals surface area contributed by atoms with Gasteiger partial charge in [0.05, 0.1) is 16.7 Å². The second-order valence-corrected chi connectivity index (χ2v) is 2.81. The van der Waals surface area contributed by atoms with Gasteiger partial charge in [0, 0.05) is 5.39 Å². The number of hydrogen-bond acceptors (Lipinski definition) is 1. The van der Waals surface area contributed by atoms with E-state index in [2.05, 4.69) is 11.2 Å². The minimum absolute atomic E-state index is 0.0922. The van der Waals surface area contributed by atoms with Crippen LogP contribution in [0.5, 0.6) is 0 Å². The third-order valence-electron chi connectivity index (χ3n) is 1.59. The van der Waals surface area contributed by atoms with Crippen molar-refractivity contribution in [3.8, 4) is 0 Å². The van der Waals surface area contributed by atoms with Crippen LogP contribution in [0.3, 0.4) is 0 Å². The fraction of sp³-hybridized carbons (Fsp3) is 0. The molecule has 1 aromatic heterocycles. The van der Waals surface area contributed by atoms with Crippen LogP contribution in [0.2, 0.25) is 5.02 Å². The van der Waals surface area contributed by atoms with Crippen LogP contribution in [0.1, 0.15) is 0 Å². The molecule has 0 bridgehead atoms. The van der Waals surface area contributed by atoms with Crippen LogP contribution in [-0.4, -0.2) is 4.98 Å². The van der Waals surface area contributed by atoms with Gasteiger partial charge in [0.1, 0.15) is 5.82 Å². The van der Waals surface area contributed by atoms with Gasteiger partial charge in [-0.1, -0.05) is 17.7 Å². The van der Waals surface area contributed by atoms with Crippen molar-refractivity contribution in [2.24, 2.45) is 0 Å².